The van der Waals surface area contributed by atoms with Crippen molar-refractivity contribution in [2.24, 2.45) is 0 Å². The molecular formula is C15H21ClN2O3. The number of aliphatic hydroxyl groups is 1. The molecule has 0 bridgehead atoms. The number of halogens is 1. The first kappa shape index (κ1) is 16.2. The predicted molar refractivity (Wildman–Crippen MR) is 81.3 cm³/mol. The SMILES string of the molecule is CC(OCC(O)CN1CCNC(=O)C1)c1ccc(Cl)cc1. The summed E-state index contributed by atoms with van der Waals surface area (Å²) in [5, 5.41) is 13.5. The monoisotopic (exact) mass is 312 g/mol. The second-order valence-electron chi connectivity index (χ2n) is 5.27. The molecule has 0 spiro atoms. The molecule has 116 valence electrons. The van der Waals surface area contributed by atoms with Crippen LogP contribution in [0.25, 0.3) is 0 Å². The molecule has 1 aromatic rings. The van der Waals surface area contributed by atoms with E-state index in [-0.39, 0.29) is 18.6 Å². The average Bonchev–Trinajstić information content (AvgIpc) is 2.45. The Bertz CT molecular complexity index is 466. The van der Waals surface area contributed by atoms with E-state index in [1.807, 2.05) is 36.1 Å². The lowest BCUT2D eigenvalue weighted by Gasteiger charge is -2.28. The summed E-state index contributed by atoms with van der Waals surface area (Å²) >= 11 is 5.85. The van der Waals surface area contributed by atoms with Crippen LogP contribution in [-0.4, -0.2) is 54.8 Å². The van der Waals surface area contributed by atoms with Gasteiger partial charge in [0.25, 0.3) is 0 Å². The number of ether oxygens (including phenoxy) is 1. The maximum absolute atomic E-state index is 11.3. The Morgan fingerprint density at radius 3 is 2.81 bits per heavy atom. The lowest BCUT2D eigenvalue weighted by atomic mass is 10.1. The number of nitrogens with one attached hydrogen (secondary N) is 1. The van der Waals surface area contributed by atoms with Crippen LogP contribution in [0.5, 0.6) is 0 Å². The summed E-state index contributed by atoms with van der Waals surface area (Å²) in [7, 11) is 0. The van der Waals surface area contributed by atoms with Gasteiger partial charge in [0.1, 0.15) is 0 Å². The number of carbonyl (C=O) groups is 1. The maximum atomic E-state index is 11.3. The van der Waals surface area contributed by atoms with Crippen LogP contribution >= 0.6 is 11.6 Å². The Morgan fingerprint density at radius 1 is 1.43 bits per heavy atom. The number of β-amino-alcohol motifs (C(OH)–C–C–N with tert-alkyl or cyclic N) is 1. The Labute approximate surface area is 129 Å². The van der Waals surface area contributed by atoms with Gasteiger partial charge >= 0.3 is 0 Å². The molecule has 0 radical (unpaired) electrons. The summed E-state index contributed by atoms with van der Waals surface area (Å²) in [6.07, 6.45) is -0.716. The number of benzene rings is 1. The average molecular weight is 313 g/mol. The molecule has 1 heterocycles. The molecule has 21 heavy (non-hydrogen) atoms. The highest BCUT2D eigenvalue weighted by molar-refractivity contribution is 6.30. The van der Waals surface area contributed by atoms with Crippen molar-refractivity contribution < 1.29 is 14.6 Å². The molecule has 2 N–H and O–H groups in total. The van der Waals surface area contributed by atoms with Crippen LogP contribution in [0.1, 0.15) is 18.6 Å². The Hall–Kier alpha value is -1.14. The minimum absolute atomic E-state index is 0.00361. The second-order valence-corrected chi connectivity index (χ2v) is 5.70. The molecule has 0 saturated carbocycles. The Morgan fingerprint density at radius 2 is 2.14 bits per heavy atom. The van der Waals surface area contributed by atoms with Gasteiger partial charge < -0.3 is 15.2 Å². The Kier molecular flexibility index (Phi) is 5.99. The third-order valence-electron chi connectivity index (χ3n) is 3.46. The van der Waals surface area contributed by atoms with Crippen molar-refractivity contribution in [2.45, 2.75) is 19.1 Å². The first-order valence-electron chi connectivity index (χ1n) is 7.09. The molecule has 5 nitrogen and oxygen atoms in total. The minimum atomic E-state index is -0.606. The molecule has 0 aliphatic carbocycles. The summed E-state index contributed by atoms with van der Waals surface area (Å²) in [4.78, 5) is 13.2. The van der Waals surface area contributed by atoms with Gasteiger partial charge in [0.05, 0.1) is 25.4 Å². The van der Waals surface area contributed by atoms with Crippen molar-refractivity contribution in [2.75, 3.05) is 32.8 Å². The van der Waals surface area contributed by atoms with E-state index >= 15 is 0 Å². The topological polar surface area (TPSA) is 61.8 Å². The maximum Gasteiger partial charge on any atom is 0.234 e. The number of nitrogens with zero attached hydrogens (tertiary/aromatic N) is 1. The van der Waals surface area contributed by atoms with Crippen molar-refractivity contribution in [1.82, 2.24) is 10.2 Å². The summed E-state index contributed by atoms with van der Waals surface area (Å²) in [5.41, 5.74) is 1.02. The van der Waals surface area contributed by atoms with E-state index in [9.17, 15) is 9.90 Å². The number of amides is 1. The summed E-state index contributed by atoms with van der Waals surface area (Å²) < 4.78 is 5.68. The van der Waals surface area contributed by atoms with E-state index in [1.165, 1.54) is 0 Å². The van der Waals surface area contributed by atoms with Gasteiger partial charge in [-0.2, -0.15) is 0 Å². The van der Waals surface area contributed by atoms with Crippen molar-refractivity contribution in [3.05, 3.63) is 34.9 Å². The largest absolute Gasteiger partial charge is 0.389 e. The van der Waals surface area contributed by atoms with E-state index in [4.69, 9.17) is 16.3 Å². The number of carbonyl (C=O) groups excluding carboxylic acids is 1. The van der Waals surface area contributed by atoms with Gasteiger partial charge in [0, 0.05) is 24.7 Å². The predicted octanol–water partition coefficient (Wildman–Crippen LogP) is 1.21. The van der Waals surface area contributed by atoms with E-state index in [2.05, 4.69) is 5.32 Å². The van der Waals surface area contributed by atoms with Crippen LogP contribution in [0, 0.1) is 0 Å². The first-order chi connectivity index (χ1) is 10.0. The van der Waals surface area contributed by atoms with E-state index in [0.29, 0.717) is 24.7 Å². The van der Waals surface area contributed by atoms with Crippen molar-refractivity contribution in [3.63, 3.8) is 0 Å². The zero-order chi connectivity index (χ0) is 15.2. The van der Waals surface area contributed by atoms with Gasteiger partial charge in [-0.05, 0) is 24.6 Å². The van der Waals surface area contributed by atoms with Crippen molar-refractivity contribution in [3.8, 4) is 0 Å². The van der Waals surface area contributed by atoms with Gasteiger partial charge in [-0.15, -0.1) is 0 Å². The standard InChI is InChI=1S/C15H21ClN2O3/c1-11(12-2-4-13(16)5-3-12)21-10-14(19)8-18-7-6-17-15(20)9-18/h2-5,11,14,19H,6-10H2,1H3,(H,17,20). The summed E-state index contributed by atoms with van der Waals surface area (Å²) in [6.45, 7) is 4.35. The molecule has 6 heteroatoms. The van der Waals surface area contributed by atoms with Crippen LogP contribution in [0.4, 0.5) is 0 Å². The highest BCUT2D eigenvalue weighted by Gasteiger charge is 2.19. The minimum Gasteiger partial charge on any atom is -0.389 e. The molecule has 2 rings (SSSR count). The van der Waals surface area contributed by atoms with Crippen LogP contribution < -0.4 is 5.32 Å². The number of hydrogen-bond donors (Lipinski definition) is 2. The number of aliphatic hydroxyl groups excluding tert-OH is 1. The van der Waals surface area contributed by atoms with E-state index < -0.39 is 6.10 Å². The molecule has 1 saturated heterocycles. The fourth-order valence-corrected chi connectivity index (χ4v) is 2.41. The quantitative estimate of drug-likeness (QED) is 0.829. The molecule has 1 fully saturated rings. The fourth-order valence-electron chi connectivity index (χ4n) is 2.28. The zero-order valence-electron chi connectivity index (χ0n) is 12.1. The van der Waals surface area contributed by atoms with Gasteiger partial charge in [-0.3, -0.25) is 9.69 Å². The molecule has 1 aromatic carbocycles. The fraction of sp³-hybridized carbons (Fsp3) is 0.533. The normalized spacial score (nSPS) is 19.1. The van der Waals surface area contributed by atoms with Gasteiger partial charge in [-0.25, -0.2) is 0 Å². The zero-order valence-corrected chi connectivity index (χ0v) is 12.8. The molecule has 2 atom stereocenters. The second kappa shape index (κ2) is 7.75. The smallest absolute Gasteiger partial charge is 0.234 e. The highest BCUT2D eigenvalue weighted by atomic mass is 35.5. The van der Waals surface area contributed by atoms with Gasteiger partial charge in [-0.1, -0.05) is 23.7 Å². The van der Waals surface area contributed by atoms with Crippen LogP contribution in [0.3, 0.4) is 0 Å². The van der Waals surface area contributed by atoms with Crippen LogP contribution in [0.15, 0.2) is 24.3 Å². The van der Waals surface area contributed by atoms with Gasteiger partial charge in [0.2, 0.25) is 5.91 Å². The highest BCUT2D eigenvalue weighted by Crippen LogP contribution is 2.19. The summed E-state index contributed by atoms with van der Waals surface area (Å²) in [5.74, 6) is 0.00361. The number of rotatable bonds is 6. The third kappa shape index (κ3) is 5.28. The molecule has 2 unspecified atom stereocenters. The summed E-state index contributed by atoms with van der Waals surface area (Å²) in [6, 6.07) is 7.46. The lowest BCUT2D eigenvalue weighted by Crippen LogP contribution is -2.50. The van der Waals surface area contributed by atoms with Crippen molar-refractivity contribution >= 4 is 17.5 Å². The molecule has 1 amide bonds. The first-order valence-corrected chi connectivity index (χ1v) is 7.46. The molecule has 1 aliphatic heterocycles. The third-order valence-corrected chi connectivity index (χ3v) is 3.72. The van der Waals surface area contributed by atoms with Gasteiger partial charge in [0.15, 0.2) is 0 Å². The van der Waals surface area contributed by atoms with E-state index in [1.54, 1.807) is 0 Å². The molecule has 1 aliphatic rings. The lowest BCUT2D eigenvalue weighted by molar-refractivity contribution is -0.124. The molecule has 0 aromatic heterocycles. The van der Waals surface area contributed by atoms with Crippen LogP contribution in [-0.2, 0) is 9.53 Å². The van der Waals surface area contributed by atoms with Crippen molar-refractivity contribution in [1.29, 1.82) is 0 Å². The Balaban J connectivity index is 1.74. The molecular weight excluding hydrogens is 292 g/mol. The number of piperazine rings is 1. The number of hydrogen-bond acceptors (Lipinski definition) is 4. The van der Waals surface area contributed by atoms with E-state index in [0.717, 1.165) is 12.1 Å². The van der Waals surface area contributed by atoms with Crippen LogP contribution in [0.2, 0.25) is 5.02 Å².